The van der Waals surface area contributed by atoms with Crippen LogP contribution in [0.4, 0.5) is 5.69 Å². The number of hydrogen-bond acceptors (Lipinski definition) is 15. The summed E-state index contributed by atoms with van der Waals surface area (Å²) >= 11 is 0. The smallest absolute Gasteiger partial charge is 0.394 e. The number of carbonyl (C=O) groups is 3. The maximum absolute atomic E-state index is 14.4. The van der Waals surface area contributed by atoms with Gasteiger partial charge in [-0.1, -0.05) is 50.3 Å². The topological polar surface area (TPSA) is 249 Å². The van der Waals surface area contributed by atoms with Gasteiger partial charge in [-0.15, -0.1) is 0 Å². The number of aliphatic hydroxyl groups is 3. The molecule has 6 N–H and O–H groups in total. The Kier molecular flexibility index (Phi) is 12.3. The van der Waals surface area contributed by atoms with Gasteiger partial charge in [0.05, 0.1) is 37.5 Å². The number of anilines is 1. The average molecular weight is 925 g/mol. The number of carbonyl (C=O) groups excluding carboxylic acids is 3. The second-order valence-corrected chi connectivity index (χ2v) is 19.7. The van der Waals surface area contributed by atoms with Gasteiger partial charge in [0, 0.05) is 66.6 Å². The molecule has 6 aliphatic rings. The minimum atomic E-state index is -4.67. The van der Waals surface area contributed by atoms with E-state index in [2.05, 4.69) is 33.0 Å². The minimum absolute atomic E-state index is 0.0284. The summed E-state index contributed by atoms with van der Waals surface area (Å²) in [6.07, 6.45) is 5.94. The molecule has 1 aromatic heterocycles. The van der Waals surface area contributed by atoms with Crippen LogP contribution in [0.3, 0.4) is 0 Å². The van der Waals surface area contributed by atoms with Gasteiger partial charge in [-0.25, -0.2) is 9.86 Å². The number of benzene rings is 2. The number of ether oxygens (including phenoxy) is 3. The molecule has 2 aromatic carbocycles. The fourth-order valence-electron chi connectivity index (χ4n) is 13.5. The number of aliphatic hydroxyl groups excluding tert-OH is 1. The quantitative estimate of drug-likeness (QED) is 0.0563. The van der Waals surface area contributed by atoms with Crippen LogP contribution in [0.15, 0.2) is 48.6 Å². The molecule has 354 valence electrons. The highest BCUT2D eigenvalue weighted by molar-refractivity contribution is 7.79. The third kappa shape index (κ3) is 7.29. The van der Waals surface area contributed by atoms with E-state index in [0.717, 1.165) is 46.4 Å². The number of methoxy groups -OCH3 is 1. The summed E-state index contributed by atoms with van der Waals surface area (Å²) in [5, 5.41) is 39.5. The van der Waals surface area contributed by atoms with Crippen molar-refractivity contribution in [3.63, 3.8) is 0 Å². The number of para-hydroxylation sites is 1. The molecule has 0 radical (unpaired) electrons. The Bertz CT molecular complexity index is 2490. The fourth-order valence-corrected chi connectivity index (χ4v) is 13.5. The molecule has 3 fully saturated rings. The third-order valence-electron chi connectivity index (χ3n) is 15.6. The average Bonchev–Trinajstić information content (AvgIpc) is 3.95. The molecule has 9 rings (SSSR count). The van der Waals surface area contributed by atoms with Crippen LogP contribution in [-0.2, 0) is 67.7 Å². The van der Waals surface area contributed by atoms with Crippen molar-refractivity contribution >= 4 is 45.4 Å². The molecule has 3 aromatic rings. The number of nitrogens with one attached hydrogen (secondary N) is 1. The van der Waals surface area contributed by atoms with Crippen LogP contribution in [0, 0.1) is 11.3 Å². The Morgan fingerprint density at radius 3 is 2.40 bits per heavy atom. The summed E-state index contributed by atoms with van der Waals surface area (Å²) < 4.78 is 49.1. The number of piperidine rings is 1. The number of hydrogen-bond donors (Lipinski definition) is 6. The van der Waals surface area contributed by atoms with Gasteiger partial charge in [-0.05, 0) is 85.4 Å². The predicted octanol–water partition coefficient (Wildman–Crippen LogP) is 2.75. The van der Waals surface area contributed by atoms with Crippen LogP contribution in [0.5, 0.6) is 0 Å². The molecular formula is C46H60N4O14S. The van der Waals surface area contributed by atoms with E-state index in [0.29, 0.717) is 75.9 Å². The summed E-state index contributed by atoms with van der Waals surface area (Å²) in [6, 6.07) is 10.7. The second kappa shape index (κ2) is 17.0. The van der Waals surface area contributed by atoms with Crippen molar-refractivity contribution in [1.82, 2.24) is 14.8 Å². The molecule has 1 spiro atoms. The van der Waals surface area contributed by atoms with Gasteiger partial charge in [-0.2, -0.15) is 8.42 Å². The molecule has 1 aliphatic carbocycles. The standard InChI is InChI=1S/C46H58N4O10.H2O4S/c1-6-42(55)21-29-22-44(26-59-27-52,37-32(13-17-48(23-29)25-42)31-11-8-9-12-35(31)47-37)33-20-34-36(19-30(33)24-51)50(58-5)39-45(34)15-18-49-16-10-14-43(7-2,38(45)49)40(60-28(3)53)46(39,56)41(54)57-4;1-5(2,3)4/h8-12,14,19-20,27,29,38-40,47,51,55-56H,6-7,13,15-18,21-26H2,1-5H3;(H2,1,2,3,4)/t29?,38?,39-,40?,42+,43?,44+,45-,46+;/m1./s1. The highest BCUT2D eigenvalue weighted by Gasteiger charge is 2.81. The Morgan fingerprint density at radius 1 is 1.02 bits per heavy atom. The molecule has 65 heavy (non-hydrogen) atoms. The molecule has 18 nitrogen and oxygen atoms in total. The number of rotatable bonds is 10. The molecule has 5 unspecified atom stereocenters. The molecule has 5 aliphatic heterocycles. The van der Waals surface area contributed by atoms with Gasteiger partial charge >= 0.3 is 22.3 Å². The summed E-state index contributed by atoms with van der Waals surface area (Å²) in [5.74, 6) is -1.61. The monoisotopic (exact) mass is 924 g/mol. The van der Waals surface area contributed by atoms with E-state index >= 15 is 0 Å². The molecule has 10 atom stereocenters. The number of H-pyrrole nitrogens is 1. The Balaban J connectivity index is 0.00000109. The number of esters is 2. The SMILES string of the molecule is CCC12C=CCN3CC[C@@]4(c5cc([C@@]6(COC=O)CC7CN(CCc8c6[nH]c6ccccc86)C[C@](O)(CC)C7)c(CO)cc5N(OC)[C@H]4[C@@](O)(C(=O)OC)C1OC(C)=O)C32.O=S(=O)(O)O. The number of nitrogens with zero attached hydrogens (tertiary/aromatic N) is 3. The van der Waals surface area contributed by atoms with Gasteiger partial charge in [0.1, 0.15) is 12.6 Å². The van der Waals surface area contributed by atoms with E-state index in [9.17, 15) is 29.7 Å². The van der Waals surface area contributed by atoms with E-state index in [-0.39, 0.29) is 25.2 Å². The molecule has 1 saturated carbocycles. The third-order valence-corrected chi connectivity index (χ3v) is 15.6. The van der Waals surface area contributed by atoms with Crippen molar-refractivity contribution in [2.45, 2.75) is 106 Å². The van der Waals surface area contributed by atoms with E-state index in [4.69, 9.17) is 36.6 Å². The zero-order chi connectivity index (χ0) is 46.9. The Hall–Kier alpha value is -4.44. The zero-order valence-electron chi connectivity index (χ0n) is 37.4. The molecule has 2 bridgehead atoms. The van der Waals surface area contributed by atoms with E-state index in [1.807, 2.05) is 44.2 Å². The lowest BCUT2D eigenvalue weighted by Crippen LogP contribution is -2.81. The van der Waals surface area contributed by atoms with Crippen LogP contribution < -0.4 is 5.06 Å². The number of fused-ring (bicyclic) bond motifs is 6. The lowest BCUT2D eigenvalue weighted by Gasteiger charge is -2.63. The summed E-state index contributed by atoms with van der Waals surface area (Å²) in [7, 11) is -1.96. The van der Waals surface area contributed by atoms with Gasteiger partial charge < -0.3 is 34.5 Å². The highest BCUT2D eigenvalue weighted by Crippen LogP contribution is 2.68. The number of aromatic nitrogens is 1. The van der Waals surface area contributed by atoms with Crippen molar-refractivity contribution in [1.29, 1.82) is 0 Å². The first-order valence-electron chi connectivity index (χ1n) is 22.2. The van der Waals surface area contributed by atoms with E-state index in [1.165, 1.54) is 21.1 Å². The van der Waals surface area contributed by atoms with Gasteiger partial charge in [0.25, 0.3) is 6.47 Å². The zero-order valence-corrected chi connectivity index (χ0v) is 38.2. The molecule has 2 saturated heterocycles. The van der Waals surface area contributed by atoms with Crippen LogP contribution in [-0.4, -0.2) is 149 Å². The molecule has 19 heteroatoms. The predicted molar refractivity (Wildman–Crippen MR) is 235 cm³/mol. The van der Waals surface area contributed by atoms with Crippen LogP contribution in [0.1, 0.15) is 80.8 Å². The normalized spacial score (nSPS) is 34.7. The number of aromatic amines is 1. The molecule has 6 heterocycles. The molecular weight excluding hydrogens is 865 g/mol. The Morgan fingerprint density at radius 2 is 1.75 bits per heavy atom. The van der Waals surface area contributed by atoms with Crippen molar-refractivity contribution in [2.24, 2.45) is 11.3 Å². The maximum atomic E-state index is 14.4. The van der Waals surface area contributed by atoms with E-state index < -0.39 is 61.9 Å². The largest absolute Gasteiger partial charge is 0.467 e. The van der Waals surface area contributed by atoms with Crippen LogP contribution >= 0.6 is 0 Å². The van der Waals surface area contributed by atoms with Crippen LogP contribution in [0.2, 0.25) is 0 Å². The summed E-state index contributed by atoms with van der Waals surface area (Å²) in [5.41, 5.74) is -0.817. The lowest BCUT2D eigenvalue weighted by atomic mass is 9.47. The second-order valence-electron chi connectivity index (χ2n) is 18.8. The Labute approximate surface area is 378 Å². The summed E-state index contributed by atoms with van der Waals surface area (Å²) in [4.78, 5) is 54.7. The first kappa shape index (κ1) is 47.1. The first-order chi connectivity index (χ1) is 30.8. The van der Waals surface area contributed by atoms with Gasteiger partial charge in [0.2, 0.25) is 5.60 Å². The van der Waals surface area contributed by atoms with Crippen molar-refractivity contribution in [3.05, 3.63) is 76.5 Å². The van der Waals surface area contributed by atoms with Crippen molar-refractivity contribution in [3.8, 4) is 0 Å². The van der Waals surface area contributed by atoms with E-state index in [1.54, 1.807) is 5.06 Å². The van der Waals surface area contributed by atoms with Gasteiger partial charge in [0.15, 0.2) is 6.10 Å². The minimum Gasteiger partial charge on any atom is -0.467 e. The summed E-state index contributed by atoms with van der Waals surface area (Å²) in [6.45, 7) is 8.59. The maximum Gasteiger partial charge on any atom is 0.394 e. The van der Waals surface area contributed by atoms with Crippen molar-refractivity contribution in [2.75, 3.05) is 58.6 Å². The van der Waals surface area contributed by atoms with Crippen molar-refractivity contribution < 1.29 is 66.3 Å². The lowest BCUT2D eigenvalue weighted by molar-refractivity contribution is -0.234. The van der Waals surface area contributed by atoms with Gasteiger partial charge in [-0.3, -0.25) is 33.3 Å². The fraction of sp³-hybridized carbons (Fsp3) is 0.587. The number of hydroxylamine groups is 1. The highest BCUT2D eigenvalue weighted by atomic mass is 32.3. The molecule has 0 amide bonds. The first-order valence-corrected chi connectivity index (χ1v) is 23.6. The van der Waals surface area contributed by atoms with Crippen LogP contribution in [0.25, 0.3) is 10.9 Å².